The summed E-state index contributed by atoms with van der Waals surface area (Å²) in [6.07, 6.45) is 0. The standard InChI is InChI=1S/C7H9N3O/c1-4-3-6(11)9-10-7(4)5(2)8/h3H,2,8H2,1H3,(H,9,11). The summed E-state index contributed by atoms with van der Waals surface area (Å²) in [5.74, 6) is 0. The van der Waals surface area contributed by atoms with Gasteiger partial charge in [0.1, 0.15) is 5.69 Å². The molecule has 1 aromatic rings. The molecular formula is C7H9N3O. The first-order valence-electron chi connectivity index (χ1n) is 3.12. The Kier molecular flexibility index (Phi) is 1.76. The van der Waals surface area contributed by atoms with Crippen molar-refractivity contribution in [2.75, 3.05) is 0 Å². The van der Waals surface area contributed by atoms with E-state index in [0.29, 0.717) is 11.4 Å². The van der Waals surface area contributed by atoms with E-state index in [1.807, 2.05) is 0 Å². The van der Waals surface area contributed by atoms with Crippen molar-refractivity contribution in [2.24, 2.45) is 5.73 Å². The average molecular weight is 151 g/mol. The molecule has 0 aliphatic heterocycles. The van der Waals surface area contributed by atoms with Crippen LogP contribution in [-0.4, -0.2) is 10.2 Å². The van der Waals surface area contributed by atoms with Crippen LogP contribution in [0, 0.1) is 6.92 Å². The lowest BCUT2D eigenvalue weighted by molar-refractivity contribution is 0.953. The number of nitrogens with two attached hydrogens (primary N) is 1. The smallest absolute Gasteiger partial charge is 0.264 e. The maximum Gasteiger partial charge on any atom is 0.264 e. The van der Waals surface area contributed by atoms with E-state index in [4.69, 9.17) is 5.73 Å². The van der Waals surface area contributed by atoms with Crippen LogP contribution in [0.3, 0.4) is 0 Å². The molecule has 4 nitrogen and oxygen atoms in total. The molecule has 58 valence electrons. The summed E-state index contributed by atoms with van der Waals surface area (Å²) in [6, 6.07) is 1.43. The number of hydrogen-bond donors (Lipinski definition) is 2. The molecule has 1 aromatic heterocycles. The van der Waals surface area contributed by atoms with Gasteiger partial charge in [0.2, 0.25) is 0 Å². The Balaban J connectivity index is 3.31. The van der Waals surface area contributed by atoms with E-state index in [1.54, 1.807) is 6.92 Å². The number of rotatable bonds is 1. The van der Waals surface area contributed by atoms with Gasteiger partial charge < -0.3 is 5.73 Å². The maximum atomic E-state index is 10.7. The summed E-state index contributed by atoms with van der Waals surface area (Å²) in [7, 11) is 0. The number of hydrogen-bond acceptors (Lipinski definition) is 3. The van der Waals surface area contributed by atoms with Crippen LogP contribution in [0.2, 0.25) is 0 Å². The van der Waals surface area contributed by atoms with E-state index < -0.39 is 0 Å². The molecule has 0 saturated carbocycles. The number of H-pyrrole nitrogens is 1. The third kappa shape index (κ3) is 1.46. The van der Waals surface area contributed by atoms with Crippen LogP contribution in [0.4, 0.5) is 0 Å². The fourth-order valence-corrected chi connectivity index (χ4v) is 0.822. The van der Waals surface area contributed by atoms with Gasteiger partial charge in [0.15, 0.2) is 0 Å². The molecule has 0 unspecified atom stereocenters. The molecule has 1 heterocycles. The fourth-order valence-electron chi connectivity index (χ4n) is 0.822. The molecule has 0 saturated heterocycles. The molecule has 0 bridgehead atoms. The van der Waals surface area contributed by atoms with E-state index in [9.17, 15) is 4.79 Å². The Bertz CT molecular complexity index is 340. The third-order valence-corrected chi connectivity index (χ3v) is 1.30. The Hall–Kier alpha value is -1.58. The van der Waals surface area contributed by atoms with Crippen molar-refractivity contribution in [1.29, 1.82) is 0 Å². The molecule has 0 spiro atoms. The first-order chi connectivity index (χ1) is 5.11. The molecule has 3 N–H and O–H groups in total. The molecule has 0 aromatic carbocycles. The van der Waals surface area contributed by atoms with E-state index in [2.05, 4.69) is 16.8 Å². The summed E-state index contributed by atoms with van der Waals surface area (Å²) in [5.41, 5.74) is 6.80. The highest BCUT2D eigenvalue weighted by molar-refractivity contribution is 5.58. The molecule has 4 heteroatoms. The Labute approximate surface area is 63.7 Å². The zero-order valence-electron chi connectivity index (χ0n) is 6.22. The maximum absolute atomic E-state index is 10.7. The van der Waals surface area contributed by atoms with Crippen LogP contribution in [0.1, 0.15) is 11.3 Å². The van der Waals surface area contributed by atoms with Crippen LogP contribution in [0.25, 0.3) is 5.70 Å². The van der Waals surface area contributed by atoms with Crippen molar-refractivity contribution in [1.82, 2.24) is 10.2 Å². The number of aryl methyl sites for hydroxylation is 1. The minimum atomic E-state index is -0.229. The Morgan fingerprint density at radius 1 is 1.82 bits per heavy atom. The molecule has 0 fully saturated rings. The third-order valence-electron chi connectivity index (χ3n) is 1.30. The first-order valence-corrected chi connectivity index (χ1v) is 3.12. The van der Waals surface area contributed by atoms with Gasteiger partial charge in [-0.2, -0.15) is 5.10 Å². The van der Waals surface area contributed by atoms with Crippen molar-refractivity contribution < 1.29 is 0 Å². The monoisotopic (exact) mass is 151 g/mol. The molecule has 0 atom stereocenters. The number of aromatic amines is 1. The zero-order valence-corrected chi connectivity index (χ0v) is 6.22. The highest BCUT2D eigenvalue weighted by atomic mass is 16.1. The van der Waals surface area contributed by atoms with Crippen LogP contribution in [0.15, 0.2) is 17.4 Å². The van der Waals surface area contributed by atoms with E-state index in [-0.39, 0.29) is 5.56 Å². The van der Waals surface area contributed by atoms with Gasteiger partial charge >= 0.3 is 0 Å². The van der Waals surface area contributed by atoms with Gasteiger partial charge in [-0.05, 0) is 12.5 Å². The number of nitrogens with zero attached hydrogens (tertiary/aromatic N) is 1. The van der Waals surface area contributed by atoms with E-state index >= 15 is 0 Å². The molecule has 0 aliphatic rings. The lowest BCUT2D eigenvalue weighted by atomic mass is 10.2. The predicted molar refractivity (Wildman–Crippen MR) is 42.8 cm³/mol. The fraction of sp³-hybridized carbons (Fsp3) is 0.143. The summed E-state index contributed by atoms with van der Waals surface area (Å²) in [6.45, 7) is 5.27. The minimum absolute atomic E-state index is 0.229. The van der Waals surface area contributed by atoms with Gasteiger partial charge in [-0.25, -0.2) is 5.10 Å². The van der Waals surface area contributed by atoms with Crippen LogP contribution >= 0.6 is 0 Å². The average Bonchev–Trinajstić information content (AvgIpc) is 1.85. The minimum Gasteiger partial charge on any atom is -0.397 e. The highest BCUT2D eigenvalue weighted by Gasteiger charge is 2.00. The second-order valence-corrected chi connectivity index (χ2v) is 2.29. The SMILES string of the molecule is C=C(N)c1n[nH]c(=O)cc1C. The van der Waals surface area contributed by atoms with Gasteiger partial charge in [0.05, 0.1) is 5.70 Å². The molecule has 0 aliphatic carbocycles. The van der Waals surface area contributed by atoms with Crippen molar-refractivity contribution in [3.05, 3.63) is 34.3 Å². The van der Waals surface area contributed by atoms with Crippen molar-refractivity contribution in [3.8, 4) is 0 Å². The lowest BCUT2D eigenvalue weighted by Gasteiger charge is -1.99. The molecule has 0 radical (unpaired) electrons. The summed E-state index contributed by atoms with van der Waals surface area (Å²) in [5, 5.41) is 5.99. The van der Waals surface area contributed by atoms with Crippen molar-refractivity contribution in [2.45, 2.75) is 6.92 Å². The van der Waals surface area contributed by atoms with Crippen molar-refractivity contribution >= 4 is 5.70 Å². The largest absolute Gasteiger partial charge is 0.397 e. The molecular weight excluding hydrogens is 142 g/mol. The number of aromatic nitrogens is 2. The van der Waals surface area contributed by atoms with Gasteiger partial charge in [-0.3, -0.25) is 4.79 Å². The summed E-state index contributed by atoms with van der Waals surface area (Å²) >= 11 is 0. The molecule has 11 heavy (non-hydrogen) atoms. The van der Waals surface area contributed by atoms with Gasteiger partial charge in [-0.1, -0.05) is 6.58 Å². The van der Waals surface area contributed by atoms with Crippen molar-refractivity contribution in [3.63, 3.8) is 0 Å². The lowest BCUT2D eigenvalue weighted by Crippen LogP contribution is -2.11. The molecule has 1 rings (SSSR count). The normalized spacial score (nSPS) is 9.55. The number of nitrogens with one attached hydrogen (secondary N) is 1. The van der Waals surface area contributed by atoms with Gasteiger partial charge in [0, 0.05) is 6.07 Å². The summed E-state index contributed by atoms with van der Waals surface area (Å²) in [4.78, 5) is 10.7. The quantitative estimate of drug-likeness (QED) is 0.593. The van der Waals surface area contributed by atoms with E-state index in [0.717, 1.165) is 5.56 Å². The summed E-state index contributed by atoms with van der Waals surface area (Å²) < 4.78 is 0. The van der Waals surface area contributed by atoms with Crippen LogP contribution < -0.4 is 11.3 Å². The van der Waals surface area contributed by atoms with E-state index in [1.165, 1.54) is 6.07 Å². The topological polar surface area (TPSA) is 71.8 Å². The zero-order chi connectivity index (χ0) is 8.43. The highest BCUT2D eigenvalue weighted by Crippen LogP contribution is 2.04. The van der Waals surface area contributed by atoms with Crippen LogP contribution in [-0.2, 0) is 0 Å². The van der Waals surface area contributed by atoms with Crippen LogP contribution in [0.5, 0.6) is 0 Å². The second kappa shape index (κ2) is 2.57. The molecule has 0 amide bonds. The predicted octanol–water partition coefficient (Wildman–Crippen LogP) is 0.00772. The Morgan fingerprint density at radius 2 is 2.45 bits per heavy atom. The second-order valence-electron chi connectivity index (χ2n) is 2.29. The Morgan fingerprint density at radius 3 is 2.91 bits per heavy atom. The van der Waals surface area contributed by atoms with Gasteiger partial charge in [0.25, 0.3) is 5.56 Å². The first kappa shape index (κ1) is 7.53. The van der Waals surface area contributed by atoms with Gasteiger partial charge in [-0.15, -0.1) is 0 Å².